The number of benzene rings is 3. The molecule has 192 valence electrons. The monoisotopic (exact) mass is 536 g/mol. The van der Waals surface area contributed by atoms with E-state index in [0.29, 0.717) is 16.7 Å². The molecule has 0 fully saturated rings. The lowest BCUT2D eigenvalue weighted by Crippen LogP contribution is -2.04. The number of hydrogen-bond acceptors (Lipinski definition) is 7. The van der Waals surface area contributed by atoms with Crippen molar-refractivity contribution < 1.29 is 32.2 Å². The molecule has 0 atom stereocenters. The van der Waals surface area contributed by atoms with Gasteiger partial charge < -0.3 is 14.2 Å². The Balaban J connectivity index is 1.62. The third kappa shape index (κ3) is 6.25. The van der Waals surface area contributed by atoms with Crippen LogP contribution in [0.2, 0.25) is 0 Å². The molecule has 0 unspecified atom stereocenters. The van der Waals surface area contributed by atoms with Crippen LogP contribution in [0.1, 0.15) is 28.4 Å². The first-order chi connectivity index (χ1) is 18.4. The van der Waals surface area contributed by atoms with E-state index >= 15 is 4.39 Å². The van der Waals surface area contributed by atoms with Crippen LogP contribution in [-0.2, 0) is 11.3 Å². The van der Waals surface area contributed by atoms with Crippen molar-refractivity contribution in [2.45, 2.75) is 23.3 Å². The summed E-state index contributed by atoms with van der Waals surface area (Å²) in [5, 5.41) is 9.28. The maximum Gasteiger partial charge on any atom is 0.338 e. The van der Waals surface area contributed by atoms with Gasteiger partial charge in [0.15, 0.2) is 17.3 Å². The molecule has 4 rings (SSSR count). The predicted molar refractivity (Wildman–Crippen MR) is 133 cm³/mol. The first kappa shape index (κ1) is 26.6. The van der Waals surface area contributed by atoms with E-state index in [9.17, 15) is 18.8 Å². The van der Waals surface area contributed by atoms with Crippen LogP contribution >= 0.6 is 11.8 Å². The van der Waals surface area contributed by atoms with Crippen molar-refractivity contribution in [3.8, 4) is 23.4 Å². The number of pyridine rings is 1. The molecule has 0 saturated heterocycles. The van der Waals surface area contributed by atoms with Crippen molar-refractivity contribution >= 4 is 17.7 Å². The third-order valence-corrected chi connectivity index (χ3v) is 6.14. The molecule has 1 heterocycles. The predicted octanol–water partition coefficient (Wildman–Crippen LogP) is 7.07. The maximum absolute atomic E-state index is 15.4. The van der Waals surface area contributed by atoms with E-state index in [1.54, 1.807) is 6.92 Å². The number of nitriles is 1. The molecule has 0 spiro atoms. The van der Waals surface area contributed by atoms with Crippen LogP contribution in [0.15, 0.2) is 82.6 Å². The second kappa shape index (κ2) is 12.2. The van der Waals surface area contributed by atoms with Crippen LogP contribution in [0, 0.1) is 28.9 Å². The van der Waals surface area contributed by atoms with E-state index < -0.39 is 34.3 Å². The Morgan fingerprint density at radius 2 is 1.71 bits per heavy atom. The Labute approximate surface area is 220 Å². The van der Waals surface area contributed by atoms with Crippen molar-refractivity contribution in [1.82, 2.24) is 4.98 Å². The average Bonchev–Trinajstić information content (AvgIpc) is 2.94. The van der Waals surface area contributed by atoms with Gasteiger partial charge in [0, 0.05) is 11.0 Å². The van der Waals surface area contributed by atoms with E-state index in [2.05, 4.69) is 4.98 Å². The van der Waals surface area contributed by atoms with Gasteiger partial charge in [-0.15, -0.1) is 0 Å². The standard InChI is InChI=1S/C28H19F3N2O4S/c1-2-35-28(34)19-9-11-20(12-10-19)38-25-23(29)26(31)33-27(24(25)30)37-22-14-18(15-32)8-13-21(22)36-16-17-6-4-3-5-7-17/h3-14H,2,16H2,1H3. The summed E-state index contributed by atoms with van der Waals surface area (Å²) < 4.78 is 60.5. The summed E-state index contributed by atoms with van der Waals surface area (Å²) in [4.78, 5) is 14.8. The number of nitrogens with zero attached hydrogens (tertiary/aromatic N) is 2. The molecule has 10 heteroatoms. The SMILES string of the molecule is CCOC(=O)c1ccc(Sc2c(F)c(F)nc(Oc3cc(C#N)ccc3OCc3ccccc3)c2F)cc1. The molecule has 38 heavy (non-hydrogen) atoms. The number of rotatable bonds is 9. The lowest BCUT2D eigenvalue weighted by Gasteiger charge is -2.14. The van der Waals surface area contributed by atoms with E-state index in [1.165, 1.54) is 42.5 Å². The molecule has 0 bridgehead atoms. The lowest BCUT2D eigenvalue weighted by atomic mass is 10.2. The van der Waals surface area contributed by atoms with Gasteiger partial charge in [-0.2, -0.15) is 19.0 Å². The minimum atomic E-state index is -1.57. The molecular formula is C28H19F3N2O4S. The molecule has 0 aliphatic rings. The fraction of sp³-hybridized carbons (Fsp3) is 0.107. The number of ether oxygens (including phenoxy) is 3. The largest absolute Gasteiger partial charge is 0.485 e. The highest BCUT2D eigenvalue weighted by Crippen LogP contribution is 2.39. The molecule has 0 N–H and O–H groups in total. The fourth-order valence-electron chi connectivity index (χ4n) is 3.24. The summed E-state index contributed by atoms with van der Waals surface area (Å²) in [6.07, 6.45) is 0. The number of hydrogen-bond donors (Lipinski definition) is 0. The van der Waals surface area contributed by atoms with E-state index in [0.717, 1.165) is 5.56 Å². The van der Waals surface area contributed by atoms with Crippen LogP contribution in [-0.4, -0.2) is 17.6 Å². The van der Waals surface area contributed by atoms with E-state index in [1.807, 2.05) is 36.4 Å². The van der Waals surface area contributed by atoms with E-state index in [4.69, 9.17) is 14.2 Å². The van der Waals surface area contributed by atoms with Gasteiger partial charge in [0.1, 0.15) is 6.61 Å². The highest BCUT2D eigenvalue weighted by molar-refractivity contribution is 7.99. The van der Waals surface area contributed by atoms with Gasteiger partial charge in [-0.3, -0.25) is 0 Å². The summed E-state index contributed by atoms with van der Waals surface area (Å²) in [6, 6.07) is 21.1. The van der Waals surface area contributed by atoms with Gasteiger partial charge in [0.25, 0.3) is 11.8 Å². The normalized spacial score (nSPS) is 10.5. The molecule has 3 aromatic carbocycles. The van der Waals surface area contributed by atoms with E-state index in [-0.39, 0.29) is 35.8 Å². The Bertz CT molecular complexity index is 1490. The van der Waals surface area contributed by atoms with Crippen LogP contribution in [0.4, 0.5) is 13.2 Å². The number of halogens is 3. The molecule has 0 aliphatic heterocycles. The number of carbonyl (C=O) groups is 1. The minimum Gasteiger partial charge on any atom is -0.485 e. The summed E-state index contributed by atoms with van der Waals surface area (Å²) in [6.45, 7) is 2.00. The Morgan fingerprint density at radius 1 is 0.974 bits per heavy atom. The molecule has 0 radical (unpaired) electrons. The highest BCUT2D eigenvalue weighted by atomic mass is 32.2. The van der Waals surface area contributed by atoms with Crippen LogP contribution in [0.25, 0.3) is 0 Å². The van der Waals surface area contributed by atoms with Crippen molar-refractivity contribution in [2.24, 2.45) is 0 Å². The van der Waals surface area contributed by atoms with Gasteiger partial charge in [0.05, 0.1) is 28.7 Å². The Morgan fingerprint density at radius 3 is 2.39 bits per heavy atom. The summed E-state index contributed by atoms with van der Waals surface area (Å²) in [5.74, 6) is -5.67. The van der Waals surface area contributed by atoms with Crippen molar-refractivity contribution in [2.75, 3.05) is 6.61 Å². The first-order valence-corrected chi connectivity index (χ1v) is 12.1. The number of aromatic nitrogens is 1. The summed E-state index contributed by atoms with van der Waals surface area (Å²) in [5.41, 5.74) is 1.27. The second-order valence-corrected chi connectivity index (χ2v) is 8.75. The summed E-state index contributed by atoms with van der Waals surface area (Å²) >= 11 is 0.587. The quantitative estimate of drug-likeness (QED) is 0.167. The number of esters is 1. The fourth-order valence-corrected chi connectivity index (χ4v) is 4.10. The zero-order valence-corrected chi connectivity index (χ0v) is 20.7. The smallest absolute Gasteiger partial charge is 0.338 e. The molecule has 4 aromatic rings. The third-order valence-electron chi connectivity index (χ3n) is 5.07. The maximum atomic E-state index is 15.4. The Hall–Kier alpha value is -4.49. The number of carbonyl (C=O) groups excluding carboxylic acids is 1. The van der Waals surface area contributed by atoms with Gasteiger partial charge in [0.2, 0.25) is 5.82 Å². The second-order valence-electron chi connectivity index (χ2n) is 7.66. The van der Waals surface area contributed by atoms with Crippen LogP contribution in [0.5, 0.6) is 17.4 Å². The first-order valence-electron chi connectivity index (χ1n) is 11.3. The van der Waals surface area contributed by atoms with Gasteiger partial charge >= 0.3 is 5.97 Å². The van der Waals surface area contributed by atoms with Crippen molar-refractivity contribution in [3.63, 3.8) is 0 Å². The topological polar surface area (TPSA) is 81.4 Å². The van der Waals surface area contributed by atoms with Gasteiger partial charge in [-0.25, -0.2) is 9.18 Å². The van der Waals surface area contributed by atoms with Gasteiger partial charge in [-0.05, 0) is 48.9 Å². The molecular weight excluding hydrogens is 517 g/mol. The highest BCUT2D eigenvalue weighted by Gasteiger charge is 2.24. The van der Waals surface area contributed by atoms with Crippen molar-refractivity contribution in [1.29, 1.82) is 5.26 Å². The molecule has 1 aromatic heterocycles. The van der Waals surface area contributed by atoms with Crippen LogP contribution in [0.3, 0.4) is 0 Å². The van der Waals surface area contributed by atoms with Crippen LogP contribution < -0.4 is 9.47 Å². The van der Waals surface area contributed by atoms with Gasteiger partial charge in [-0.1, -0.05) is 42.1 Å². The molecule has 0 saturated carbocycles. The average molecular weight is 537 g/mol. The summed E-state index contributed by atoms with van der Waals surface area (Å²) in [7, 11) is 0. The molecule has 0 amide bonds. The van der Waals surface area contributed by atoms with Crippen molar-refractivity contribution in [3.05, 3.63) is 107 Å². The Kier molecular flexibility index (Phi) is 8.51. The minimum absolute atomic E-state index is 0.105. The lowest BCUT2D eigenvalue weighted by molar-refractivity contribution is 0.0526. The zero-order chi connectivity index (χ0) is 27.1. The zero-order valence-electron chi connectivity index (χ0n) is 19.9. The molecule has 6 nitrogen and oxygen atoms in total. The molecule has 0 aliphatic carbocycles.